The third-order valence-electron chi connectivity index (χ3n) is 3.84. The summed E-state index contributed by atoms with van der Waals surface area (Å²) in [6.07, 6.45) is 1.30. The van der Waals surface area contributed by atoms with E-state index in [-0.39, 0.29) is 12.3 Å². The summed E-state index contributed by atoms with van der Waals surface area (Å²) in [5, 5.41) is 16.7. The number of carbonyl (C=O) groups is 2. The van der Waals surface area contributed by atoms with Crippen LogP contribution in [0.4, 0.5) is 0 Å². The number of nitrogens with zero attached hydrogens (tertiary/aromatic N) is 2. The van der Waals surface area contributed by atoms with E-state index in [4.69, 9.17) is 16.7 Å². The summed E-state index contributed by atoms with van der Waals surface area (Å²) in [5.74, 6) is -0.926. The number of aliphatic carboxylic acids is 1. The lowest BCUT2D eigenvalue weighted by Crippen LogP contribution is -2.30. The molecule has 0 fully saturated rings. The first-order chi connectivity index (χ1) is 11.8. The molecule has 2 aromatic rings. The zero-order valence-electron chi connectivity index (χ0n) is 14.5. The first-order valence-corrected chi connectivity index (χ1v) is 8.46. The third kappa shape index (κ3) is 5.06. The molecule has 134 valence electrons. The number of nitrogens with one attached hydrogen (secondary N) is 1. The minimum atomic E-state index is -0.993. The Kier molecular flexibility index (Phi) is 6.20. The monoisotopic (exact) mass is 363 g/mol. The van der Waals surface area contributed by atoms with Crippen LogP contribution in [0.2, 0.25) is 5.02 Å². The molecule has 1 atom stereocenters. The number of carbonyl (C=O) groups excluding carboxylic acids is 1. The van der Waals surface area contributed by atoms with Gasteiger partial charge in [-0.1, -0.05) is 37.6 Å². The Bertz CT molecular complexity index is 753. The van der Waals surface area contributed by atoms with E-state index in [9.17, 15) is 9.59 Å². The second kappa shape index (κ2) is 8.16. The molecule has 1 aromatic heterocycles. The van der Waals surface area contributed by atoms with E-state index in [2.05, 4.69) is 24.3 Å². The SMILES string of the molecule is Cc1c(C(=O)N[C@@H](CC(=O)O)c2ccc(Cl)cc2)cnn1CC(C)C. The van der Waals surface area contributed by atoms with Gasteiger partial charge in [0.15, 0.2) is 0 Å². The van der Waals surface area contributed by atoms with Crippen LogP contribution in [0, 0.1) is 12.8 Å². The molecular formula is C18H22ClN3O3. The van der Waals surface area contributed by atoms with Gasteiger partial charge in [0.1, 0.15) is 0 Å². The van der Waals surface area contributed by atoms with Gasteiger partial charge < -0.3 is 10.4 Å². The van der Waals surface area contributed by atoms with Gasteiger partial charge in [-0.15, -0.1) is 0 Å². The molecule has 0 aliphatic rings. The average molecular weight is 364 g/mol. The highest BCUT2D eigenvalue weighted by Gasteiger charge is 2.21. The molecule has 6 nitrogen and oxygen atoms in total. The minimum Gasteiger partial charge on any atom is -0.481 e. The zero-order chi connectivity index (χ0) is 18.6. The third-order valence-corrected chi connectivity index (χ3v) is 4.09. The number of halogens is 1. The second-order valence-corrected chi connectivity index (χ2v) is 6.83. The van der Waals surface area contributed by atoms with Crippen LogP contribution in [-0.2, 0) is 11.3 Å². The van der Waals surface area contributed by atoms with Crippen LogP contribution in [-0.4, -0.2) is 26.8 Å². The van der Waals surface area contributed by atoms with E-state index >= 15 is 0 Å². The molecule has 2 N–H and O–H groups in total. The van der Waals surface area contributed by atoms with E-state index in [1.807, 2.05) is 6.92 Å². The van der Waals surface area contributed by atoms with Crippen molar-refractivity contribution in [2.75, 3.05) is 0 Å². The Morgan fingerprint density at radius 1 is 1.28 bits per heavy atom. The van der Waals surface area contributed by atoms with E-state index in [0.29, 0.717) is 22.1 Å². The molecule has 1 amide bonds. The fraction of sp³-hybridized carbons (Fsp3) is 0.389. The molecule has 1 aromatic carbocycles. The predicted octanol–water partition coefficient (Wildman–Crippen LogP) is 3.45. The van der Waals surface area contributed by atoms with Crippen molar-refractivity contribution in [3.05, 3.63) is 52.3 Å². The molecule has 25 heavy (non-hydrogen) atoms. The lowest BCUT2D eigenvalue weighted by Gasteiger charge is -2.17. The number of benzene rings is 1. The van der Waals surface area contributed by atoms with Crippen LogP contribution < -0.4 is 5.32 Å². The first kappa shape index (κ1) is 19.0. The minimum absolute atomic E-state index is 0.216. The maximum atomic E-state index is 12.6. The highest BCUT2D eigenvalue weighted by molar-refractivity contribution is 6.30. The molecular weight excluding hydrogens is 342 g/mol. The number of carboxylic acids is 1. The largest absolute Gasteiger partial charge is 0.481 e. The molecule has 0 saturated carbocycles. The molecule has 0 bridgehead atoms. The Labute approximate surface area is 151 Å². The van der Waals surface area contributed by atoms with E-state index in [0.717, 1.165) is 12.2 Å². The number of amides is 1. The zero-order valence-corrected chi connectivity index (χ0v) is 15.2. The highest BCUT2D eigenvalue weighted by Crippen LogP contribution is 2.21. The highest BCUT2D eigenvalue weighted by atomic mass is 35.5. The van der Waals surface area contributed by atoms with Crippen molar-refractivity contribution in [3.8, 4) is 0 Å². The second-order valence-electron chi connectivity index (χ2n) is 6.40. The Morgan fingerprint density at radius 3 is 2.48 bits per heavy atom. The lowest BCUT2D eigenvalue weighted by atomic mass is 10.0. The van der Waals surface area contributed by atoms with Gasteiger partial charge in [0.25, 0.3) is 5.91 Å². The van der Waals surface area contributed by atoms with Crippen molar-refractivity contribution in [2.24, 2.45) is 5.92 Å². The molecule has 1 heterocycles. The van der Waals surface area contributed by atoms with Gasteiger partial charge in [-0.05, 0) is 30.5 Å². The molecule has 0 saturated heterocycles. The number of rotatable bonds is 7. The fourth-order valence-corrected chi connectivity index (χ4v) is 2.68. The first-order valence-electron chi connectivity index (χ1n) is 8.08. The molecule has 0 aliphatic carbocycles. The average Bonchev–Trinajstić information content (AvgIpc) is 2.87. The van der Waals surface area contributed by atoms with E-state index in [1.165, 1.54) is 6.20 Å². The van der Waals surface area contributed by atoms with Gasteiger partial charge in [-0.25, -0.2) is 0 Å². The predicted molar refractivity (Wildman–Crippen MR) is 95.7 cm³/mol. The summed E-state index contributed by atoms with van der Waals surface area (Å²) in [6, 6.07) is 6.12. The quantitative estimate of drug-likeness (QED) is 0.789. The standard InChI is InChI=1S/C18H22ClN3O3/c1-11(2)10-22-12(3)15(9-20-22)18(25)21-16(8-17(23)24)13-4-6-14(19)7-5-13/h4-7,9,11,16H,8,10H2,1-3H3,(H,21,25)(H,23,24)/t16-/m0/s1. The maximum absolute atomic E-state index is 12.6. The van der Waals surface area contributed by atoms with Crippen molar-refractivity contribution in [1.82, 2.24) is 15.1 Å². The number of carboxylic acid groups (broad SMARTS) is 1. The topological polar surface area (TPSA) is 84.2 Å². The van der Waals surface area contributed by atoms with Gasteiger partial charge in [-0.2, -0.15) is 5.10 Å². The van der Waals surface area contributed by atoms with Crippen LogP contribution in [0.3, 0.4) is 0 Å². The summed E-state index contributed by atoms with van der Waals surface area (Å²) in [6.45, 7) is 6.70. The fourth-order valence-electron chi connectivity index (χ4n) is 2.56. The van der Waals surface area contributed by atoms with Crippen molar-refractivity contribution < 1.29 is 14.7 Å². The Balaban J connectivity index is 2.20. The van der Waals surface area contributed by atoms with Crippen LogP contribution >= 0.6 is 11.6 Å². The summed E-state index contributed by atoms with van der Waals surface area (Å²) in [4.78, 5) is 23.8. The summed E-state index contributed by atoms with van der Waals surface area (Å²) >= 11 is 5.87. The van der Waals surface area contributed by atoms with E-state index < -0.39 is 12.0 Å². The van der Waals surface area contributed by atoms with Crippen LogP contribution in [0.5, 0.6) is 0 Å². The van der Waals surface area contributed by atoms with Crippen molar-refractivity contribution in [2.45, 2.75) is 39.8 Å². The summed E-state index contributed by atoms with van der Waals surface area (Å²) in [7, 11) is 0. The molecule has 0 radical (unpaired) electrons. The van der Waals surface area contributed by atoms with Crippen molar-refractivity contribution in [3.63, 3.8) is 0 Å². The summed E-state index contributed by atoms with van der Waals surface area (Å²) < 4.78 is 1.79. The number of hydrogen-bond donors (Lipinski definition) is 2. The molecule has 0 unspecified atom stereocenters. The van der Waals surface area contributed by atoms with E-state index in [1.54, 1.807) is 28.9 Å². The van der Waals surface area contributed by atoms with Crippen LogP contribution in [0.15, 0.2) is 30.5 Å². The lowest BCUT2D eigenvalue weighted by molar-refractivity contribution is -0.137. The van der Waals surface area contributed by atoms with Crippen LogP contribution in [0.1, 0.15) is 47.9 Å². The van der Waals surface area contributed by atoms with Crippen LogP contribution in [0.25, 0.3) is 0 Å². The Hall–Kier alpha value is -2.34. The summed E-state index contributed by atoms with van der Waals surface area (Å²) in [5.41, 5.74) is 1.90. The number of aromatic nitrogens is 2. The van der Waals surface area contributed by atoms with Gasteiger partial charge in [0.2, 0.25) is 0 Å². The molecule has 0 spiro atoms. The number of hydrogen-bond acceptors (Lipinski definition) is 3. The molecule has 7 heteroatoms. The molecule has 0 aliphatic heterocycles. The van der Waals surface area contributed by atoms with Gasteiger partial charge in [-0.3, -0.25) is 14.3 Å². The molecule has 2 rings (SSSR count). The van der Waals surface area contributed by atoms with Gasteiger partial charge in [0.05, 0.1) is 24.2 Å². The van der Waals surface area contributed by atoms with Gasteiger partial charge >= 0.3 is 5.97 Å². The van der Waals surface area contributed by atoms with Crippen molar-refractivity contribution in [1.29, 1.82) is 0 Å². The Morgan fingerprint density at radius 2 is 1.92 bits per heavy atom. The van der Waals surface area contributed by atoms with Gasteiger partial charge in [0, 0.05) is 17.3 Å². The van der Waals surface area contributed by atoms with Crippen molar-refractivity contribution >= 4 is 23.5 Å². The normalized spacial score (nSPS) is 12.2. The smallest absolute Gasteiger partial charge is 0.305 e. The maximum Gasteiger partial charge on any atom is 0.305 e.